The summed E-state index contributed by atoms with van der Waals surface area (Å²) in [6.07, 6.45) is 0. The third-order valence-electron chi connectivity index (χ3n) is 3.63. The first kappa shape index (κ1) is 14.6. The summed E-state index contributed by atoms with van der Waals surface area (Å²) in [5.74, 6) is -2.81. The molecular weight excluding hydrogens is 298 g/mol. The van der Waals surface area contributed by atoms with Crippen molar-refractivity contribution in [3.63, 3.8) is 0 Å². The highest BCUT2D eigenvalue weighted by molar-refractivity contribution is 6.34. The van der Waals surface area contributed by atoms with Gasteiger partial charge in [0.2, 0.25) is 0 Å². The summed E-state index contributed by atoms with van der Waals surface area (Å²) >= 11 is 0. The average molecular weight is 308 g/mol. The molecule has 2 amide bonds. The van der Waals surface area contributed by atoms with Gasteiger partial charge in [-0.2, -0.15) is 0 Å². The van der Waals surface area contributed by atoms with E-state index in [9.17, 15) is 24.3 Å². The summed E-state index contributed by atoms with van der Waals surface area (Å²) in [5, 5.41) is 10.9. The second-order valence-corrected chi connectivity index (χ2v) is 5.10. The number of fused-ring (bicyclic) bond motifs is 1. The van der Waals surface area contributed by atoms with Crippen molar-refractivity contribution in [3.8, 4) is 0 Å². The van der Waals surface area contributed by atoms with Crippen LogP contribution in [0.15, 0.2) is 42.5 Å². The number of hydrogen-bond donors (Lipinski definition) is 0. The van der Waals surface area contributed by atoms with Crippen molar-refractivity contribution in [3.05, 3.63) is 64.7 Å². The van der Waals surface area contributed by atoms with Crippen LogP contribution in [0.2, 0.25) is 0 Å². The lowest BCUT2D eigenvalue weighted by molar-refractivity contribution is -0.255. The molecule has 6 nitrogen and oxygen atoms in total. The van der Waals surface area contributed by atoms with E-state index in [0.717, 1.165) is 11.0 Å². The molecule has 1 aliphatic heterocycles. The van der Waals surface area contributed by atoms with Crippen molar-refractivity contribution < 1.29 is 24.3 Å². The van der Waals surface area contributed by atoms with Crippen LogP contribution in [0.1, 0.15) is 48.4 Å². The average Bonchev–Trinajstić information content (AvgIpc) is 2.78. The van der Waals surface area contributed by atoms with Crippen LogP contribution >= 0.6 is 0 Å². The number of carboxylic acid groups (broad SMARTS) is 1. The SMILES string of the molecule is CC(=O)c1cccc(N2C(=O)c3ccc(C(=O)[O-])cc3C2=O)c1. The van der Waals surface area contributed by atoms with Gasteiger partial charge in [-0.05, 0) is 36.8 Å². The number of imide groups is 1. The third kappa shape index (κ3) is 2.30. The fourth-order valence-electron chi connectivity index (χ4n) is 2.47. The Hall–Kier alpha value is -3.28. The van der Waals surface area contributed by atoms with Crippen LogP contribution in [-0.4, -0.2) is 23.6 Å². The van der Waals surface area contributed by atoms with Crippen LogP contribution in [0.3, 0.4) is 0 Å². The molecule has 0 unspecified atom stereocenters. The monoisotopic (exact) mass is 308 g/mol. The minimum atomic E-state index is -1.43. The number of nitrogens with zero attached hydrogens (tertiary/aromatic N) is 1. The molecule has 0 spiro atoms. The Morgan fingerprint density at radius 3 is 2.26 bits per heavy atom. The Morgan fingerprint density at radius 2 is 1.61 bits per heavy atom. The second-order valence-electron chi connectivity index (χ2n) is 5.10. The second kappa shape index (κ2) is 5.17. The molecule has 0 fully saturated rings. The molecule has 23 heavy (non-hydrogen) atoms. The molecule has 2 aromatic rings. The number of aromatic carboxylic acids is 1. The highest BCUT2D eigenvalue weighted by Crippen LogP contribution is 2.29. The minimum absolute atomic E-state index is 0.00456. The molecule has 0 aromatic heterocycles. The first-order valence-corrected chi connectivity index (χ1v) is 6.75. The maximum atomic E-state index is 12.5. The minimum Gasteiger partial charge on any atom is -0.545 e. The summed E-state index contributed by atoms with van der Waals surface area (Å²) in [5.41, 5.74) is 0.579. The van der Waals surface area contributed by atoms with Gasteiger partial charge < -0.3 is 9.90 Å². The number of benzene rings is 2. The van der Waals surface area contributed by atoms with Crippen LogP contribution in [0.25, 0.3) is 0 Å². The maximum absolute atomic E-state index is 12.5. The summed E-state index contributed by atoms with van der Waals surface area (Å²) in [4.78, 5) is 48.2. The number of amides is 2. The molecule has 1 heterocycles. The van der Waals surface area contributed by atoms with Crippen LogP contribution in [0.5, 0.6) is 0 Å². The Labute approximate surface area is 131 Å². The van der Waals surface area contributed by atoms with Gasteiger partial charge in [-0.1, -0.05) is 18.2 Å². The van der Waals surface area contributed by atoms with E-state index < -0.39 is 17.8 Å². The van der Waals surface area contributed by atoms with Gasteiger partial charge in [0.15, 0.2) is 5.78 Å². The highest BCUT2D eigenvalue weighted by Gasteiger charge is 2.36. The lowest BCUT2D eigenvalue weighted by Crippen LogP contribution is -2.29. The van der Waals surface area contributed by atoms with Crippen molar-refractivity contribution in [2.24, 2.45) is 0 Å². The Morgan fingerprint density at radius 1 is 0.913 bits per heavy atom. The van der Waals surface area contributed by atoms with Crippen molar-refractivity contribution >= 4 is 29.3 Å². The molecule has 0 bridgehead atoms. The summed E-state index contributed by atoms with van der Waals surface area (Å²) in [6, 6.07) is 9.77. The number of carboxylic acids is 1. The lowest BCUT2D eigenvalue weighted by atomic mass is 10.1. The number of hydrogen-bond acceptors (Lipinski definition) is 5. The van der Waals surface area contributed by atoms with E-state index >= 15 is 0 Å². The quantitative estimate of drug-likeness (QED) is 0.624. The lowest BCUT2D eigenvalue weighted by Gasteiger charge is -2.14. The van der Waals surface area contributed by atoms with E-state index in [4.69, 9.17) is 0 Å². The fraction of sp³-hybridized carbons (Fsp3) is 0.0588. The zero-order valence-electron chi connectivity index (χ0n) is 12.0. The van der Waals surface area contributed by atoms with Crippen molar-refractivity contribution in [2.45, 2.75) is 6.92 Å². The van der Waals surface area contributed by atoms with Crippen molar-refractivity contribution in [1.82, 2.24) is 0 Å². The normalized spacial score (nSPS) is 13.2. The third-order valence-corrected chi connectivity index (χ3v) is 3.63. The molecule has 3 rings (SSSR count). The molecule has 1 aliphatic rings. The van der Waals surface area contributed by atoms with Crippen molar-refractivity contribution in [1.29, 1.82) is 0 Å². The molecule has 6 heteroatoms. The number of ketones is 1. The van der Waals surface area contributed by atoms with E-state index in [1.165, 1.54) is 31.2 Å². The zero-order chi connectivity index (χ0) is 16.7. The van der Waals surface area contributed by atoms with E-state index in [0.29, 0.717) is 5.56 Å². The van der Waals surface area contributed by atoms with Crippen LogP contribution < -0.4 is 10.0 Å². The predicted octanol–water partition coefficient (Wildman–Crippen LogP) is 1.05. The molecule has 0 saturated carbocycles. The first-order valence-electron chi connectivity index (χ1n) is 6.75. The molecule has 0 aliphatic carbocycles. The molecule has 0 saturated heterocycles. The summed E-state index contributed by atoms with van der Waals surface area (Å²) < 4.78 is 0. The Kier molecular flexibility index (Phi) is 3.29. The van der Waals surface area contributed by atoms with Gasteiger partial charge >= 0.3 is 0 Å². The predicted molar refractivity (Wildman–Crippen MR) is 78.4 cm³/mol. The van der Waals surface area contributed by atoms with E-state index in [2.05, 4.69) is 0 Å². The van der Waals surface area contributed by atoms with Crippen LogP contribution in [0.4, 0.5) is 5.69 Å². The fourth-order valence-corrected chi connectivity index (χ4v) is 2.47. The van der Waals surface area contributed by atoms with E-state index in [-0.39, 0.29) is 28.2 Å². The number of Topliss-reactive ketones (excluding diaryl/α,β-unsaturated/α-hetero) is 1. The maximum Gasteiger partial charge on any atom is 0.266 e. The molecule has 114 valence electrons. The molecule has 2 aromatic carbocycles. The first-order chi connectivity index (χ1) is 10.9. The van der Waals surface area contributed by atoms with Crippen LogP contribution in [0, 0.1) is 0 Å². The van der Waals surface area contributed by atoms with Crippen molar-refractivity contribution in [2.75, 3.05) is 4.90 Å². The molecular formula is C17H10NO5-. The van der Waals surface area contributed by atoms with Gasteiger partial charge in [0.1, 0.15) is 0 Å². The molecule has 0 N–H and O–H groups in total. The van der Waals surface area contributed by atoms with Gasteiger partial charge in [0.05, 0.1) is 22.8 Å². The molecule has 0 radical (unpaired) electrons. The highest BCUT2D eigenvalue weighted by atomic mass is 16.4. The summed E-state index contributed by atoms with van der Waals surface area (Å²) in [7, 11) is 0. The Balaban J connectivity index is 2.08. The van der Waals surface area contributed by atoms with Crippen LogP contribution in [-0.2, 0) is 0 Å². The number of rotatable bonds is 3. The zero-order valence-corrected chi connectivity index (χ0v) is 12.0. The largest absolute Gasteiger partial charge is 0.545 e. The van der Waals surface area contributed by atoms with E-state index in [1.807, 2.05) is 0 Å². The number of carbonyl (C=O) groups excluding carboxylic acids is 4. The van der Waals surface area contributed by atoms with Gasteiger partial charge in [-0.15, -0.1) is 0 Å². The standard InChI is InChI=1S/C17H11NO5/c1-9(19)10-3-2-4-12(7-10)18-15(20)13-6-5-11(17(22)23)8-14(13)16(18)21/h2-8H,1H3,(H,22,23)/p-1. The van der Waals surface area contributed by atoms with Gasteiger partial charge in [-0.3, -0.25) is 14.4 Å². The summed E-state index contributed by atoms with van der Waals surface area (Å²) in [6.45, 7) is 1.38. The topological polar surface area (TPSA) is 94.6 Å². The number of carbonyl (C=O) groups is 4. The number of anilines is 1. The Bertz CT molecular complexity index is 884. The van der Waals surface area contributed by atoms with Gasteiger partial charge in [-0.25, -0.2) is 4.90 Å². The van der Waals surface area contributed by atoms with Gasteiger partial charge in [0.25, 0.3) is 11.8 Å². The van der Waals surface area contributed by atoms with E-state index in [1.54, 1.807) is 12.1 Å². The van der Waals surface area contributed by atoms with Gasteiger partial charge in [0, 0.05) is 5.56 Å². The smallest absolute Gasteiger partial charge is 0.266 e. The molecule has 0 atom stereocenters.